The molecule has 4 rings (SSSR count). The molecular weight excluding hydrogens is 340 g/mol. The SMILES string of the molecule is Cc1nc2cc(C(=O)NCCNC(=O)C3CC3)ccc2n1-c1ccccc1. The number of nitrogens with one attached hydrogen (secondary N) is 2. The van der Waals surface area contributed by atoms with Crippen molar-refractivity contribution in [3.63, 3.8) is 0 Å². The first kappa shape index (κ1) is 17.3. The van der Waals surface area contributed by atoms with Crippen molar-refractivity contribution in [2.75, 3.05) is 13.1 Å². The summed E-state index contributed by atoms with van der Waals surface area (Å²) in [6.07, 6.45) is 1.96. The van der Waals surface area contributed by atoms with E-state index >= 15 is 0 Å². The number of para-hydroxylation sites is 1. The Morgan fingerprint density at radius 1 is 1.07 bits per heavy atom. The van der Waals surface area contributed by atoms with E-state index in [9.17, 15) is 9.59 Å². The monoisotopic (exact) mass is 362 g/mol. The maximum atomic E-state index is 12.4. The molecule has 0 atom stereocenters. The van der Waals surface area contributed by atoms with Crippen molar-refractivity contribution in [2.45, 2.75) is 19.8 Å². The number of nitrogens with zero attached hydrogens (tertiary/aromatic N) is 2. The second-order valence-corrected chi connectivity index (χ2v) is 6.85. The van der Waals surface area contributed by atoms with E-state index in [-0.39, 0.29) is 17.7 Å². The number of fused-ring (bicyclic) bond motifs is 1. The van der Waals surface area contributed by atoms with Crippen LogP contribution in [-0.4, -0.2) is 34.5 Å². The Kier molecular flexibility index (Phi) is 4.62. The first-order chi connectivity index (χ1) is 13.1. The predicted molar refractivity (Wildman–Crippen MR) is 104 cm³/mol. The number of carbonyl (C=O) groups is 2. The standard InChI is InChI=1S/C21H22N4O2/c1-14-24-18-13-16(21(27)23-12-11-22-20(26)15-7-8-15)9-10-19(18)25(14)17-5-3-2-4-6-17/h2-6,9-10,13,15H,7-8,11-12H2,1H3,(H,22,26)(H,23,27). The summed E-state index contributed by atoms with van der Waals surface area (Å²) < 4.78 is 2.07. The van der Waals surface area contributed by atoms with Crippen LogP contribution in [0.25, 0.3) is 16.7 Å². The molecule has 0 bridgehead atoms. The Hall–Kier alpha value is -3.15. The lowest BCUT2D eigenvalue weighted by Gasteiger charge is -2.08. The minimum absolute atomic E-state index is 0.0904. The van der Waals surface area contributed by atoms with E-state index in [1.54, 1.807) is 12.1 Å². The van der Waals surface area contributed by atoms with Crippen molar-refractivity contribution in [1.82, 2.24) is 20.2 Å². The fourth-order valence-electron chi connectivity index (χ4n) is 3.20. The van der Waals surface area contributed by atoms with Crippen molar-refractivity contribution < 1.29 is 9.59 Å². The lowest BCUT2D eigenvalue weighted by Crippen LogP contribution is -2.35. The number of benzene rings is 2. The van der Waals surface area contributed by atoms with Crippen LogP contribution in [0.4, 0.5) is 0 Å². The molecule has 2 amide bonds. The largest absolute Gasteiger partial charge is 0.354 e. The van der Waals surface area contributed by atoms with Crippen molar-refractivity contribution in [3.8, 4) is 5.69 Å². The molecule has 138 valence electrons. The van der Waals surface area contributed by atoms with E-state index in [1.165, 1.54) is 0 Å². The van der Waals surface area contributed by atoms with Gasteiger partial charge >= 0.3 is 0 Å². The van der Waals surface area contributed by atoms with Gasteiger partial charge in [-0.1, -0.05) is 18.2 Å². The van der Waals surface area contributed by atoms with E-state index in [0.29, 0.717) is 18.7 Å². The van der Waals surface area contributed by atoms with Gasteiger partial charge in [0.05, 0.1) is 11.0 Å². The molecule has 1 heterocycles. The summed E-state index contributed by atoms with van der Waals surface area (Å²) in [5.41, 5.74) is 3.35. The molecule has 6 nitrogen and oxygen atoms in total. The maximum Gasteiger partial charge on any atom is 0.251 e. The summed E-state index contributed by atoms with van der Waals surface area (Å²) >= 11 is 0. The molecule has 1 fully saturated rings. The highest BCUT2D eigenvalue weighted by Gasteiger charge is 2.29. The van der Waals surface area contributed by atoms with E-state index < -0.39 is 0 Å². The highest BCUT2D eigenvalue weighted by atomic mass is 16.2. The number of carbonyl (C=O) groups excluding carboxylic acids is 2. The smallest absolute Gasteiger partial charge is 0.251 e. The molecule has 1 saturated carbocycles. The van der Waals surface area contributed by atoms with E-state index in [0.717, 1.165) is 35.4 Å². The van der Waals surface area contributed by atoms with Crippen LogP contribution < -0.4 is 10.6 Å². The van der Waals surface area contributed by atoms with Crippen LogP contribution in [0.5, 0.6) is 0 Å². The number of hydrogen-bond donors (Lipinski definition) is 2. The minimum Gasteiger partial charge on any atom is -0.354 e. The topological polar surface area (TPSA) is 76.0 Å². The molecule has 6 heteroatoms. The van der Waals surface area contributed by atoms with Crippen molar-refractivity contribution in [2.24, 2.45) is 5.92 Å². The van der Waals surface area contributed by atoms with Crippen LogP contribution in [0.15, 0.2) is 48.5 Å². The second kappa shape index (κ2) is 7.23. The average Bonchev–Trinajstić information content (AvgIpc) is 3.47. The van der Waals surface area contributed by atoms with Crippen LogP contribution in [0.1, 0.15) is 29.0 Å². The number of rotatable bonds is 6. The Balaban J connectivity index is 1.45. The molecule has 0 radical (unpaired) electrons. The van der Waals surface area contributed by atoms with Crippen LogP contribution in [0.2, 0.25) is 0 Å². The molecule has 3 aromatic rings. The van der Waals surface area contributed by atoms with Gasteiger partial charge in [-0.15, -0.1) is 0 Å². The van der Waals surface area contributed by atoms with E-state index in [2.05, 4.69) is 20.2 Å². The average molecular weight is 362 g/mol. The lowest BCUT2D eigenvalue weighted by molar-refractivity contribution is -0.122. The number of aromatic nitrogens is 2. The van der Waals surface area contributed by atoms with Crippen LogP contribution >= 0.6 is 0 Å². The fourth-order valence-corrected chi connectivity index (χ4v) is 3.20. The van der Waals surface area contributed by atoms with Crippen LogP contribution in [0, 0.1) is 12.8 Å². The summed E-state index contributed by atoms with van der Waals surface area (Å²) in [6, 6.07) is 15.6. The number of amides is 2. The Bertz CT molecular complexity index is 990. The summed E-state index contributed by atoms with van der Waals surface area (Å²) in [5.74, 6) is 0.986. The first-order valence-corrected chi connectivity index (χ1v) is 9.24. The van der Waals surface area contributed by atoms with Gasteiger partial charge in [0.1, 0.15) is 5.82 Å². The van der Waals surface area contributed by atoms with Gasteiger partial charge in [-0.3, -0.25) is 14.2 Å². The van der Waals surface area contributed by atoms with Gasteiger partial charge in [0.15, 0.2) is 0 Å². The van der Waals surface area contributed by atoms with Gasteiger partial charge in [0.2, 0.25) is 5.91 Å². The van der Waals surface area contributed by atoms with Gasteiger partial charge in [-0.05, 0) is 50.1 Å². The fraction of sp³-hybridized carbons (Fsp3) is 0.286. The zero-order valence-electron chi connectivity index (χ0n) is 15.2. The lowest BCUT2D eigenvalue weighted by atomic mass is 10.2. The van der Waals surface area contributed by atoms with E-state index in [1.807, 2.05) is 43.3 Å². The summed E-state index contributed by atoms with van der Waals surface area (Å²) in [4.78, 5) is 28.6. The zero-order valence-corrected chi connectivity index (χ0v) is 15.2. The van der Waals surface area contributed by atoms with Gasteiger partial charge in [0, 0.05) is 30.3 Å². The zero-order chi connectivity index (χ0) is 18.8. The van der Waals surface area contributed by atoms with Gasteiger partial charge < -0.3 is 10.6 Å². The number of hydrogen-bond acceptors (Lipinski definition) is 3. The Morgan fingerprint density at radius 3 is 2.56 bits per heavy atom. The van der Waals surface area contributed by atoms with Crippen LogP contribution in [-0.2, 0) is 4.79 Å². The van der Waals surface area contributed by atoms with E-state index in [4.69, 9.17) is 0 Å². The molecule has 2 aromatic carbocycles. The van der Waals surface area contributed by atoms with Crippen molar-refractivity contribution >= 4 is 22.8 Å². The minimum atomic E-state index is -0.163. The molecule has 1 aromatic heterocycles. The highest BCUT2D eigenvalue weighted by molar-refractivity contribution is 5.97. The molecule has 0 saturated heterocycles. The van der Waals surface area contributed by atoms with Gasteiger partial charge in [-0.25, -0.2) is 4.98 Å². The summed E-state index contributed by atoms with van der Waals surface area (Å²) in [6.45, 7) is 2.81. The Morgan fingerprint density at radius 2 is 1.81 bits per heavy atom. The maximum absolute atomic E-state index is 12.4. The van der Waals surface area contributed by atoms with Crippen molar-refractivity contribution in [1.29, 1.82) is 0 Å². The normalized spacial score (nSPS) is 13.5. The third-order valence-electron chi connectivity index (χ3n) is 4.76. The van der Waals surface area contributed by atoms with Gasteiger partial charge in [-0.2, -0.15) is 0 Å². The second-order valence-electron chi connectivity index (χ2n) is 6.85. The molecular formula is C21H22N4O2. The number of aryl methyl sites for hydroxylation is 1. The Labute approximate surface area is 157 Å². The summed E-state index contributed by atoms with van der Waals surface area (Å²) in [5, 5.41) is 5.68. The quantitative estimate of drug-likeness (QED) is 0.662. The highest BCUT2D eigenvalue weighted by Crippen LogP contribution is 2.28. The third kappa shape index (κ3) is 3.69. The molecule has 0 aliphatic heterocycles. The summed E-state index contributed by atoms with van der Waals surface area (Å²) in [7, 11) is 0. The van der Waals surface area contributed by atoms with Crippen LogP contribution in [0.3, 0.4) is 0 Å². The third-order valence-corrected chi connectivity index (χ3v) is 4.76. The molecule has 0 unspecified atom stereocenters. The number of imidazole rings is 1. The van der Waals surface area contributed by atoms with Gasteiger partial charge in [0.25, 0.3) is 5.91 Å². The molecule has 1 aliphatic rings. The molecule has 2 N–H and O–H groups in total. The first-order valence-electron chi connectivity index (χ1n) is 9.24. The predicted octanol–water partition coefficient (Wildman–Crippen LogP) is 2.59. The van der Waals surface area contributed by atoms with Crippen molar-refractivity contribution in [3.05, 3.63) is 59.9 Å². The molecule has 1 aliphatic carbocycles. The molecule has 27 heavy (non-hydrogen) atoms. The molecule has 0 spiro atoms.